The number of anilines is 2. The maximum atomic E-state index is 14.8. The molecule has 4 N–H and O–H groups in total. The Morgan fingerprint density at radius 2 is 1.06 bits per heavy atom. The highest BCUT2D eigenvalue weighted by Crippen LogP contribution is 2.43. The molecule has 0 aromatic heterocycles. The average molecular weight is 580 g/mol. The fourth-order valence-corrected chi connectivity index (χ4v) is 5.75. The van der Waals surface area contributed by atoms with Crippen LogP contribution in [0.5, 0.6) is 0 Å². The number of halogens is 6. The van der Waals surface area contributed by atoms with E-state index < -0.39 is 11.3 Å². The summed E-state index contributed by atoms with van der Waals surface area (Å²) in [4.78, 5) is 17.8. The lowest BCUT2D eigenvalue weighted by atomic mass is 9.91. The summed E-state index contributed by atoms with van der Waals surface area (Å²) in [5, 5.41) is 0.994. The van der Waals surface area contributed by atoms with Gasteiger partial charge in [0, 0.05) is 76.1 Å². The van der Waals surface area contributed by atoms with Crippen molar-refractivity contribution in [1.29, 1.82) is 0 Å². The van der Waals surface area contributed by atoms with E-state index in [4.69, 9.17) is 57.9 Å². The van der Waals surface area contributed by atoms with Crippen LogP contribution in [0.1, 0.15) is 41.6 Å². The van der Waals surface area contributed by atoms with Crippen LogP contribution < -0.4 is 21.3 Å². The first-order valence-electron chi connectivity index (χ1n) is 11.8. The zero-order valence-corrected chi connectivity index (χ0v) is 22.6. The van der Waals surface area contributed by atoms with Gasteiger partial charge in [-0.2, -0.15) is 0 Å². The maximum absolute atomic E-state index is 14.8. The first-order valence-corrected chi connectivity index (χ1v) is 13.3. The van der Waals surface area contributed by atoms with Crippen LogP contribution in [0, 0.1) is 0 Å². The van der Waals surface area contributed by atoms with Gasteiger partial charge in [-0.15, -0.1) is 0 Å². The number of nitrogens with two attached hydrogens (primary N) is 2. The normalized spacial score (nSPS) is 19.4. The van der Waals surface area contributed by atoms with E-state index in [1.807, 2.05) is 9.80 Å². The smallest absolute Gasteiger partial charge is 0.197 e. The van der Waals surface area contributed by atoms with E-state index in [9.17, 15) is 13.6 Å². The first-order chi connectivity index (χ1) is 17.0. The Balaban J connectivity index is 1.74. The molecular weight excluding hydrogens is 552 g/mol. The molecule has 0 saturated carbocycles. The van der Waals surface area contributed by atoms with Crippen LogP contribution in [0.25, 0.3) is 0 Å². The van der Waals surface area contributed by atoms with Gasteiger partial charge in [0.25, 0.3) is 0 Å². The monoisotopic (exact) mass is 578 g/mol. The van der Waals surface area contributed by atoms with Crippen LogP contribution in [0.15, 0.2) is 24.3 Å². The number of hydrogen-bond donors (Lipinski definition) is 2. The molecule has 2 aliphatic rings. The van der Waals surface area contributed by atoms with Crippen molar-refractivity contribution in [3.63, 3.8) is 0 Å². The number of piperidine rings is 2. The number of carbonyl (C=O) groups excluding carboxylic acids is 1. The lowest BCUT2D eigenvalue weighted by Gasteiger charge is -2.39. The van der Waals surface area contributed by atoms with Gasteiger partial charge >= 0.3 is 0 Å². The summed E-state index contributed by atoms with van der Waals surface area (Å²) in [7, 11) is 0. The van der Waals surface area contributed by atoms with Crippen LogP contribution in [-0.2, 0) is 0 Å². The second-order valence-electron chi connectivity index (χ2n) is 9.53. The molecule has 0 unspecified atom stereocenters. The molecule has 5 nitrogen and oxygen atoms in total. The molecule has 2 aromatic rings. The number of alkyl halides is 2. The number of benzene rings is 2. The summed E-state index contributed by atoms with van der Waals surface area (Å²) in [5.41, 5.74) is 9.82. The molecule has 2 aromatic carbocycles. The van der Waals surface area contributed by atoms with Crippen molar-refractivity contribution in [3.05, 3.63) is 55.5 Å². The summed E-state index contributed by atoms with van der Waals surface area (Å²) in [6, 6.07) is 6.33. The first kappa shape index (κ1) is 27.7. The van der Waals surface area contributed by atoms with Gasteiger partial charge in [0.1, 0.15) is 11.3 Å². The van der Waals surface area contributed by atoms with Gasteiger partial charge in [-0.25, -0.2) is 8.78 Å². The van der Waals surface area contributed by atoms with Crippen molar-refractivity contribution in [1.82, 2.24) is 0 Å². The van der Waals surface area contributed by atoms with Crippen LogP contribution in [0.3, 0.4) is 0 Å². The molecule has 0 bridgehead atoms. The molecule has 0 radical (unpaired) electrons. The van der Waals surface area contributed by atoms with Crippen LogP contribution >= 0.6 is 46.4 Å². The molecular formula is C25H28Cl4F2N4O. The molecule has 0 atom stereocenters. The molecule has 0 spiro atoms. The van der Waals surface area contributed by atoms with Crippen molar-refractivity contribution in [2.45, 2.75) is 37.0 Å². The highest BCUT2D eigenvalue weighted by Gasteiger charge is 2.37. The minimum absolute atomic E-state index is 0.0668. The summed E-state index contributed by atoms with van der Waals surface area (Å²) in [5.74, 6) is -0.344. The second kappa shape index (κ2) is 10.8. The molecule has 0 aliphatic carbocycles. The fraction of sp³-hybridized carbons (Fsp3) is 0.480. The molecule has 2 saturated heterocycles. The summed E-state index contributed by atoms with van der Waals surface area (Å²) < 4.78 is 29.5. The van der Waals surface area contributed by atoms with Gasteiger partial charge in [0.05, 0.1) is 31.5 Å². The Labute approximate surface area is 229 Å². The standard InChI is InChI=1S/C25H28Cl4F2N4O/c26-17-3-1-15(21(19(17)28)34-9-5-24(30,13-32)6-10-34)23(36)16-2-4-18(27)20(29)22(16)35-11-7-25(31,14-33)8-12-35/h1-4H,5-14,32-33H2. The Morgan fingerprint density at radius 3 is 1.36 bits per heavy atom. The highest BCUT2D eigenvalue weighted by molar-refractivity contribution is 6.45. The average Bonchev–Trinajstić information content (AvgIpc) is 2.88. The number of rotatable bonds is 6. The maximum Gasteiger partial charge on any atom is 0.197 e. The Kier molecular flexibility index (Phi) is 8.30. The third-order valence-electron chi connectivity index (χ3n) is 7.31. The van der Waals surface area contributed by atoms with E-state index in [1.165, 1.54) is 0 Å². The van der Waals surface area contributed by atoms with Crippen LogP contribution in [0.2, 0.25) is 20.1 Å². The van der Waals surface area contributed by atoms with Gasteiger partial charge in [0.2, 0.25) is 0 Å². The largest absolute Gasteiger partial charge is 0.369 e. The van der Waals surface area contributed by atoms with E-state index in [0.29, 0.717) is 48.7 Å². The molecule has 2 fully saturated rings. The molecule has 0 amide bonds. The van der Waals surface area contributed by atoms with Gasteiger partial charge < -0.3 is 21.3 Å². The number of ketones is 1. The van der Waals surface area contributed by atoms with Crippen molar-refractivity contribution < 1.29 is 13.6 Å². The molecule has 11 heteroatoms. The predicted octanol–water partition coefficient (Wildman–Crippen LogP) is 6.07. The number of hydrogen-bond acceptors (Lipinski definition) is 5. The molecule has 2 aliphatic heterocycles. The van der Waals surface area contributed by atoms with Gasteiger partial charge in [-0.1, -0.05) is 46.4 Å². The lowest BCUT2D eigenvalue weighted by Crippen LogP contribution is -2.46. The summed E-state index contributed by atoms with van der Waals surface area (Å²) in [6.45, 7) is 1.17. The third kappa shape index (κ3) is 5.29. The molecule has 36 heavy (non-hydrogen) atoms. The van der Waals surface area contributed by atoms with Gasteiger partial charge in [-0.3, -0.25) is 4.79 Å². The van der Waals surface area contributed by atoms with E-state index in [-0.39, 0.29) is 64.6 Å². The van der Waals surface area contributed by atoms with Crippen LogP contribution in [-0.4, -0.2) is 56.4 Å². The quantitative estimate of drug-likeness (QED) is 0.406. The molecule has 4 rings (SSSR count). The zero-order valence-electron chi connectivity index (χ0n) is 19.6. The highest BCUT2D eigenvalue weighted by atomic mass is 35.5. The van der Waals surface area contributed by atoms with Gasteiger partial charge in [-0.05, 0) is 24.3 Å². The Morgan fingerprint density at radius 1 is 0.722 bits per heavy atom. The lowest BCUT2D eigenvalue weighted by molar-refractivity contribution is 0.103. The van der Waals surface area contributed by atoms with Crippen molar-refractivity contribution >= 4 is 63.6 Å². The van der Waals surface area contributed by atoms with Gasteiger partial charge in [0.15, 0.2) is 5.78 Å². The minimum atomic E-state index is -1.45. The van der Waals surface area contributed by atoms with Crippen LogP contribution in [0.4, 0.5) is 20.2 Å². The summed E-state index contributed by atoms with van der Waals surface area (Å²) >= 11 is 25.9. The minimum Gasteiger partial charge on any atom is -0.369 e. The number of carbonyl (C=O) groups is 1. The van der Waals surface area contributed by atoms with E-state index in [1.54, 1.807) is 24.3 Å². The Bertz CT molecular complexity index is 1060. The third-order valence-corrected chi connectivity index (χ3v) is 8.90. The van der Waals surface area contributed by atoms with E-state index in [0.717, 1.165) is 0 Å². The zero-order chi connectivity index (χ0) is 26.3. The second-order valence-corrected chi connectivity index (χ2v) is 11.1. The Hall–Kier alpha value is -1.35. The molecule has 2 heterocycles. The molecule has 196 valence electrons. The van der Waals surface area contributed by atoms with Crippen molar-refractivity contribution in [3.8, 4) is 0 Å². The summed E-state index contributed by atoms with van der Waals surface area (Å²) in [6.07, 6.45) is 0.825. The van der Waals surface area contributed by atoms with Crippen molar-refractivity contribution in [2.75, 3.05) is 49.1 Å². The topological polar surface area (TPSA) is 75.6 Å². The van der Waals surface area contributed by atoms with E-state index >= 15 is 0 Å². The predicted molar refractivity (Wildman–Crippen MR) is 145 cm³/mol. The SMILES string of the molecule is NCC1(F)CCN(c2c(C(=O)c3ccc(Cl)c(Cl)c3N3CCC(F)(CN)CC3)ccc(Cl)c2Cl)CC1. The van der Waals surface area contributed by atoms with E-state index in [2.05, 4.69) is 0 Å². The fourth-order valence-electron chi connectivity index (χ4n) is 4.88. The van der Waals surface area contributed by atoms with Crippen molar-refractivity contribution in [2.24, 2.45) is 11.5 Å². The number of nitrogens with zero attached hydrogens (tertiary/aromatic N) is 2.